The third kappa shape index (κ3) is 23.6. The summed E-state index contributed by atoms with van der Waals surface area (Å²) >= 11 is 0. The molecule has 0 aliphatic rings. The normalized spacial score (nSPS) is 12.3. The van der Waals surface area contributed by atoms with Crippen LogP contribution < -0.4 is 0 Å². The molecule has 194 valence electrons. The van der Waals surface area contributed by atoms with Crippen LogP contribution in [0.15, 0.2) is 12.2 Å². The zero-order valence-electron chi connectivity index (χ0n) is 22.0. The minimum absolute atomic E-state index is 0.189. The van der Waals surface area contributed by atoms with Crippen molar-refractivity contribution in [2.45, 2.75) is 149 Å². The Balaban J connectivity index is 3.81. The molecule has 0 saturated heterocycles. The monoisotopic (exact) mass is 466 g/mol. The number of hydrogen-bond donors (Lipinski definition) is 1. The minimum atomic E-state index is -0.955. The van der Waals surface area contributed by atoms with Crippen molar-refractivity contribution in [1.82, 2.24) is 0 Å². The van der Waals surface area contributed by atoms with Crippen LogP contribution in [0.2, 0.25) is 0 Å². The van der Waals surface area contributed by atoms with Gasteiger partial charge in [0.15, 0.2) is 0 Å². The lowest BCUT2D eigenvalue weighted by Gasteiger charge is -2.11. The summed E-state index contributed by atoms with van der Waals surface area (Å²) in [5.41, 5.74) is 0. The Hall–Kier alpha value is -1.32. The van der Waals surface area contributed by atoms with Gasteiger partial charge < -0.3 is 9.84 Å². The molecule has 0 heterocycles. The van der Waals surface area contributed by atoms with Crippen molar-refractivity contribution >= 4 is 11.9 Å². The van der Waals surface area contributed by atoms with Crippen molar-refractivity contribution in [3.05, 3.63) is 12.2 Å². The summed E-state index contributed by atoms with van der Waals surface area (Å²) in [6, 6.07) is 0. The van der Waals surface area contributed by atoms with E-state index in [9.17, 15) is 9.59 Å². The lowest BCUT2D eigenvalue weighted by Crippen LogP contribution is -2.19. The number of carbonyl (C=O) groups is 2. The van der Waals surface area contributed by atoms with E-state index < -0.39 is 17.9 Å². The fourth-order valence-electron chi connectivity index (χ4n) is 4.12. The molecular formula is C29H54O4. The average Bonchev–Trinajstić information content (AvgIpc) is 2.79. The van der Waals surface area contributed by atoms with Crippen molar-refractivity contribution in [1.29, 1.82) is 0 Å². The minimum Gasteiger partial charge on any atom is -0.481 e. The molecule has 0 bridgehead atoms. The number of ether oxygens (including phenoxy) is 1. The van der Waals surface area contributed by atoms with Crippen molar-refractivity contribution in [2.24, 2.45) is 5.92 Å². The van der Waals surface area contributed by atoms with E-state index in [0.717, 1.165) is 25.7 Å². The van der Waals surface area contributed by atoms with Crippen LogP contribution in [0, 0.1) is 5.92 Å². The standard InChI is InChI=1S/C29H54O4/c1-3-5-7-9-11-13-15-17-19-21-23-25-33-29(32)27(26-28(30)31)24-22-20-18-16-14-12-10-8-6-4-2/h22,24,27H,3-21,23,25-26H2,1-2H3,(H,30,31). The molecule has 33 heavy (non-hydrogen) atoms. The summed E-state index contributed by atoms with van der Waals surface area (Å²) in [6.07, 6.45) is 28.3. The van der Waals surface area contributed by atoms with Gasteiger partial charge in [-0.15, -0.1) is 0 Å². The highest BCUT2D eigenvalue weighted by atomic mass is 16.5. The SMILES string of the molecule is CCCCCCCCCCC=CC(CC(=O)O)C(=O)OCCCCCCCCCCCCC. The zero-order chi connectivity index (χ0) is 24.4. The summed E-state index contributed by atoms with van der Waals surface area (Å²) < 4.78 is 5.38. The number of unbranched alkanes of at least 4 members (excludes halogenated alkanes) is 18. The molecule has 0 aliphatic heterocycles. The van der Waals surface area contributed by atoms with Gasteiger partial charge >= 0.3 is 11.9 Å². The molecule has 4 nitrogen and oxygen atoms in total. The largest absolute Gasteiger partial charge is 0.481 e. The molecule has 0 aliphatic carbocycles. The number of carboxylic acids is 1. The molecule has 1 unspecified atom stereocenters. The van der Waals surface area contributed by atoms with E-state index in [1.165, 1.54) is 103 Å². The smallest absolute Gasteiger partial charge is 0.313 e. The number of esters is 1. The second-order valence-corrected chi connectivity index (χ2v) is 9.60. The molecule has 0 rings (SSSR count). The molecule has 0 radical (unpaired) electrons. The second kappa shape index (κ2) is 25.3. The third-order valence-electron chi connectivity index (χ3n) is 6.28. The summed E-state index contributed by atoms with van der Waals surface area (Å²) in [7, 11) is 0. The van der Waals surface area contributed by atoms with Crippen molar-refractivity contribution < 1.29 is 19.4 Å². The van der Waals surface area contributed by atoms with Gasteiger partial charge in [0, 0.05) is 0 Å². The highest BCUT2D eigenvalue weighted by molar-refractivity contribution is 5.80. The van der Waals surface area contributed by atoms with Gasteiger partial charge in [-0.05, 0) is 19.3 Å². The van der Waals surface area contributed by atoms with Crippen LogP contribution in [-0.2, 0) is 14.3 Å². The van der Waals surface area contributed by atoms with Gasteiger partial charge in [-0.25, -0.2) is 0 Å². The van der Waals surface area contributed by atoms with E-state index in [0.29, 0.717) is 6.61 Å². The summed E-state index contributed by atoms with van der Waals surface area (Å²) in [5, 5.41) is 9.13. The number of hydrogen-bond acceptors (Lipinski definition) is 3. The van der Waals surface area contributed by atoms with Crippen LogP contribution in [0.4, 0.5) is 0 Å². The number of carbonyl (C=O) groups excluding carboxylic acids is 1. The number of carboxylic acid groups (broad SMARTS) is 1. The lowest BCUT2D eigenvalue weighted by atomic mass is 10.0. The fraction of sp³-hybridized carbons (Fsp3) is 0.862. The Morgan fingerprint density at radius 2 is 1.09 bits per heavy atom. The van der Waals surface area contributed by atoms with Gasteiger partial charge in [0.1, 0.15) is 0 Å². The van der Waals surface area contributed by atoms with Crippen LogP contribution in [0.25, 0.3) is 0 Å². The van der Waals surface area contributed by atoms with Gasteiger partial charge in [0.25, 0.3) is 0 Å². The van der Waals surface area contributed by atoms with Gasteiger partial charge in [0.2, 0.25) is 0 Å². The van der Waals surface area contributed by atoms with Crippen LogP contribution in [0.1, 0.15) is 149 Å². The lowest BCUT2D eigenvalue weighted by molar-refractivity contribution is -0.151. The van der Waals surface area contributed by atoms with E-state index in [2.05, 4.69) is 13.8 Å². The molecule has 0 saturated carbocycles. The average molecular weight is 467 g/mol. The van der Waals surface area contributed by atoms with E-state index in [4.69, 9.17) is 9.84 Å². The van der Waals surface area contributed by atoms with E-state index in [1.807, 2.05) is 6.08 Å². The number of allylic oxidation sites excluding steroid dienone is 1. The maximum Gasteiger partial charge on any atom is 0.313 e. The summed E-state index contributed by atoms with van der Waals surface area (Å²) in [4.78, 5) is 23.4. The first-order valence-electron chi connectivity index (χ1n) is 14.2. The Morgan fingerprint density at radius 3 is 1.55 bits per heavy atom. The van der Waals surface area contributed by atoms with Gasteiger partial charge in [-0.2, -0.15) is 0 Å². The molecule has 1 N–H and O–H groups in total. The first-order valence-corrected chi connectivity index (χ1v) is 14.2. The Bertz CT molecular complexity index is 472. The van der Waals surface area contributed by atoms with E-state index >= 15 is 0 Å². The van der Waals surface area contributed by atoms with Gasteiger partial charge in [-0.3, -0.25) is 9.59 Å². The Morgan fingerprint density at radius 1 is 0.667 bits per heavy atom. The first kappa shape index (κ1) is 31.7. The van der Waals surface area contributed by atoms with Gasteiger partial charge in [-0.1, -0.05) is 135 Å². The molecule has 1 atom stereocenters. The molecule has 0 fully saturated rings. The third-order valence-corrected chi connectivity index (χ3v) is 6.28. The molecule has 0 aromatic rings. The maximum atomic E-state index is 12.3. The summed E-state index contributed by atoms with van der Waals surface area (Å²) in [5.74, 6) is -2.01. The number of rotatable bonds is 25. The predicted molar refractivity (Wildman–Crippen MR) is 140 cm³/mol. The maximum absolute atomic E-state index is 12.3. The summed E-state index contributed by atoms with van der Waals surface area (Å²) in [6.45, 7) is 4.88. The van der Waals surface area contributed by atoms with Crippen LogP contribution in [0.5, 0.6) is 0 Å². The van der Waals surface area contributed by atoms with Crippen LogP contribution >= 0.6 is 0 Å². The Labute approximate surface area is 204 Å². The molecule has 0 aromatic carbocycles. The van der Waals surface area contributed by atoms with Crippen molar-refractivity contribution in [3.8, 4) is 0 Å². The highest BCUT2D eigenvalue weighted by Gasteiger charge is 2.20. The molecular weight excluding hydrogens is 412 g/mol. The topological polar surface area (TPSA) is 63.6 Å². The van der Waals surface area contributed by atoms with Crippen LogP contribution in [0.3, 0.4) is 0 Å². The second-order valence-electron chi connectivity index (χ2n) is 9.60. The quantitative estimate of drug-likeness (QED) is 0.0828. The van der Waals surface area contributed by atoms with Crippen molar-refractivity contribution in [3.63, 3.8) is 0 Å². The van der Waals surface area contributed by atoms with E-state index in [-0.39, 0.29) is 6.42 Å². The predicted octanol–water partition coefficient (Wildman–Crippen LogP) is 9.02. The van der Waals surface area contributed by atoms with Gasteiger partial charge in [0.05, 0.1) is 18.9 Å². The van der Waals surface area contributed by atoms with Crippen molar-refractivity contribution in [2.75, 3.05) is 6.61 Å². The molecule has 0 aromatic heterocycles. The van der Waals surface area contributed by atoms with Crippen LogP contribution in [-0.4, -0.2) is 23.7 Å². The molecule has 0 amide bonds. The molecule has 0 spiro atoms. The van der Waals surface area contributed by atoms with E-state index in [1.54, 1.807) is 6.08 Å². The number of aliphatic carboxylic acids is 1. The highest BCUT2D eigenvalue weighted by Crippen LogP contribution is 2.14. The fourth-order valence-corrected chi connectivity index (χ4v) is 4.12. The zero-order valence-corrected chi connectivity index (χ0v) is 22.0. The Kier molecular flexibility index (Phi) is 24.3. The molecule has 4 heteroatoms. The first-order chi connectivity index (χ1) is 16.1.